The fourth-order valence-corrected chi connectivity index (χ4v) is 1.72. The molecule has 0 saturated heterocycles. The molecular weight excluding hydrogens is 274 g/mol. The summed E-state index contributed by atoms with van der Waals surface area (Å²) in [6.45, 7) is 4.03. The molecule has 2 aromatic heterocycles. The summed E-state index contributed by atoms with van der Waals surface area (Å²) in [5, 5.41) is 6.75. The normalized spacial score (nSPS) is 11.9. The molecule has 7 heteroatoms. The standard InChI is InChI=1S/C14H17N3O4/c1-3-20-14(19)11-7-16-17(9-11)10(2)13(18)15-8-12-5-4-6-21-12/h4-7,9-10H,3,8H2,1-2H3,(H,15,18). The van der Waals surface area contributed by atoms with E-state index in [2.05, 4.69) is 10.4 Å². The average molecular weight is 291 g/mol. The number of furan rings is 1. The van der Waals surface area contributed by atoms with Crippen LogP contribution in [0.4, 0.5) is 0 Å². The zero-order valence-corrected chi connectivity index (χ0v) is 11.9. The van der Waals surface area contributed by atoms with Crippen molar-refractivity contribution >= 4 is 11.9 Å². The van der Waals surface area contributed by atoms with Gasteiger partial charge in [0, 0.05) is 6.20 Å². The molecule has 1 atom stereocenters. The van der Waals surface area contributed by atoms with Crippen LogP contribution in [0, 0.1) is 0 Å². The summed E-state index contributed by atoms with van der Waals surface area (Å²) in [4.78, 5) is 23.6. The molecule has 0 fully saturated rings. The monoisotopic (exact) mass is 291 g/mol. The number of carbonyl (C=O) groups is 2. The topological polar surface area (TPSA) is 86.4 Å². The van der Waals surface area contributed by atoms with E-state index in [0.717, 1.165) is 0 Å². The van der Waals surface area contributed by atoms with Crippen LogP contribution in [0.15, 0.2) is 35.2 Å². The third-order valence-electron chi connectivity index (χ3n) is 2.91. The molecular formula is C14H17N3O4. The van der Waals surface area contributed by atoms with Gasteiger partial charge >= 0.3 is 5.97 Å². The molecule has 1 unspecified atom stereocenters. The van der Waals surface area contributed by atoms with Crippen LogP contribution in [0.5, 0.6) is 0 Å². The number of amides is 1. The van der Waals surface area contributed by atoms with Gasteiger partial charge in [0.2, 0.25) is 5.91 Å². The quantitative estimate of drug-likeness (QED) is 0.816. The van der Waals surface area contributed by atoms with Crippen LogP contribution in [-0.2, 0) is 16.1 Å². The van der Waals surface area contributed by atoms with Gasteiger partial charge in [0.1, 0.15) is 11.8 Å². The summed E-state index contributed by atoms with van der Waals surface area (Å²) in [6, 6.07) is 2.99. The Kier molecular flexibility index (Phi) is 4.76. The molecule has 0 aliphatic heterocycles. The van der Waals surface area contributed by atoms with E-state index < -0.39 is 12.0 Å². The van der Waals surface area contributed by atoms with Gasteiger partial charge in [-0.3, -0.25) is 9.48 Å². The SMILES string of the molecule is CCOC(=O)c1cnn(C(C)C(=O)NCc2ccco2)c1. The van der Waals surface area contributed by atoms with Gasteiger partial charge in [0.25, 0.3) is 0 Å². The molecule has 0 aromatic carbocycles. The lowest BCUT2D eigenvalue weighted by Crippen LogP contribution is -2.30. The highest BCUT2D eigenvalue weighted by Crippen LogP contribution is 2.09. The summed E-state index contributed by atoms with van der Waals surface area (Å²) in [5.41, 5.74) is 0.322. The van der Waals surface area contributed by atoms with Crippen LogP contribution < -0.4 is 5.32 Å². The summed E-state index contributed by atoms with van der Waals surface area (Å²) < 4.78 is 11.4. The molecule has 2 heterocycles. The van der Waals surface area contributed by atoms with Crippen LogP contribution in [0.3, 0.4) is 0 Å². The first-order chi connectivity index (χ1) is 10.1. The number of hydrogen-bond donors (Lipinski definition) is 1. The highest BCUT2D eigenvalue weighted by atomic mass is 16.5. The Morgan fingerprint density at radius 2 is 2.33 bits per heavy atom. The number of ether oxygens (including phenoxy) is 1. The number of nitrogens with one attached hydrogen (secondary N) is 1. The van der Waals surface area contributed by atoms with Crippen molar-refractivity contribution in [3.05, 3.63) is 42.1 Å². The lowest BCUT2D eigenvalue weighted by atomic mass is 10.3. The number of esters is 1. The molecule has 0 aliphatic rings. The van der Waals surface area contributed by atoms with E-state index in [1.807, 2.05) is 0 Å². The molecule has 0 aliphatic carbocycles. The van der Waals surface area contributed by atoms with Crippen molar-refractivity contribution in [1.29, 1.82) is 0 Å². The summed E-state index contributed by atoms with van der Waals surface area (Å²) in [5.74, 6) is 0.0000745. The van der Waals surface area contributed by atoms with E-state index >= 15 is 0 Å². The van der Waals surface area contributed by atoms with Crippen molar-refractivity contribution in [2.24, 2.45) is 0 Å². The Labute approximate surface area is 121 Å². The van der Waals surface area contributed by atoms with Gasteiger partial charge in [-0.25, -0.2) is 4.79 Å². The fraction of sp³-hybridized carbons (Fsp3) is 0.357. The molecule has 7 nitrogen and oxygen atoms in total. The van der Waals surface area contributed by atoms with Gasteiger partial charge in [-0.15, -0.1) is 0 Å². The van der Waals surface area contributed by atoms with E-state index in [1.165, 1.54) is 17.1 Å². The summed E-state index contributed by atoms with van der Waals surface area (Å²) in [6.07, 6.45) is 4.42. The van der Waals surface area contributed by atoms with Gasteiger partial charge in [0.05, 0.1) is 31.2 Å². The van der Waals surface area contributed by atoms with E-state index in [0.29, 0.717) is 24.5 Å². The Balaban J connectivity index is 1.94. The fourth-order valence-electron chi connectivity index (χ4n) is 1.72. The van der Waals surface area contributed by atoms with Gasteiger partial charge in [0.15, 0.2) is 0 Å². The number of rotatable bonds is 6. The highest BCUT2D eigenvalue weighted by molar-refractivity contribution is 5.89. The van der Waals surface area contributed by atoms with Gasteiger partial charge < -0.3 is 14.5 Å². The van der Waals surface area contributed by atoms with Crippen molar-refractivity contribution in [1.82, 2.24) is 15.1 Å². The minimum absolute atomic E-state index is 0.218. The number of aromatic nitrogens is 2. The number of carbonyl (C=O) groups excluding carboxylic acids is 2. The molecule has 0 radical (unpaired) electrons. The molecule has 2 rings (SSSR count). The highest BCUT2D eigenvalue weighted by Gasteiger charge is 2.18. The molecule has 1 N–H and O–H groups in total. The van der Waals surface area contributed by atoms with E-state index in [4.69, 9.17) is 9.15 Å². The third-order valence-corrected chi connectivity index (χ3v) is 2.91. The van der Waals surface area contributed by atoms with Crippen LogP contribution in [0.2, 0.25) is 0 Å². The lowest BCUT2D eigenvalue weighted by molar-refractivity contribution is -0.124. The van der Waals surface area contributed by atoms with Crippen LogP contribution >= 0.6 is 0 Å². The molecule has 0 spiro atoms. The largest absolute Gasteiger partial charge is 0.467 e. The predicted octanol–water partition coefficient (Wildman–Crippen LogP) is 1.53. The Morgan fingerprint density at radius 3 is 3.00 bits per heavy atom. The summed E-state index contributed by atoms with van der Waals surface area (Å²) >= 11 is 0. The second kappa shape index (κ2) is 6.74. The minimum atomic E-state index is -0.539. The molecule has 2 aromatic rings. The maximum Gasteiger partial charge on any atom is 0.341 e. The molecule has 0 saturated carbocycles. The molecule has 112 valence electrons. The van der Waals surface area contributed by atoms with Crippen molar-refractivity contribution in [2.45, 2.75) is 26.4 Å². The Hall–Kier alpha value is -2.57. The number of nitrogens with zero attached hydrogens (tertiary/aromatic N) is 2. The van der Waals surface area contributed by atoms with Crippen molar-refractivity contribution < 1.29 is 18.7 Å². The van der Waals surface area contributed by atoms with Crippen LogP contribution in [-0.4, -0.2) is 28.3 Å². The first-order valence-electron chi connectivity index (χ1n) is 6.63. The van der Waals surface area contributed by atoms with Crippen molar-refractivity contribution in [3.63, 3.8) is 0 Å². The van der Waals surface area contributed by atoms with Crippen LogP contribution in [0.25, 0.3) is 0 Å². The minimum Gasteiger partial charge on any atom is -0.467 e. The second-order valence-electron chi connectivity index (χ2n) is 4.40. The van der Waals surface area contributed by atoms with E-state index in [-0.39, 0.29) is 5.91 Å². The first-order valence-corrected chi connectivity index (χ1v) is 6.63. The van der Waals surface area contributed by atoms with Crippen molar-refractivity contribution in [3.8, 4) is 0 Å². The smallest absolute Gasteiger partial charge is 0.341 e. The van der Waals surface area contributed by atoms with Gasteiger partial charge in [-0.1, -0.05) is 0 Å². The number of hydrogen-bond acceptors (Lipinski definition) is 5. The second-order valence-corrected chi connectivity index (χ2v) is 4.40. The average Bonchev–Trinajstić information content (AvgIpc) is 3.15. The van der Waals surface area contributed by atoms with Crippen LogP contribution in [0.1, 0.15) is 36.0 Å². The zero-order valence-electron chi connectivity index (χ0n) is 11.9. The lowest BCUT2D eigenvalue weighted by Gasteiger charge is -2.11. The van der Waals surface area contributed by atoms with Gasteiger partial charge in [-0.05, 0) is 26.0 Å². The maximum absolute atomic E-state index is 12.0. The molecule has 21 heavy (non-hydrogen) atoms. The van der Waals surface area contributed by atoms with Gasteiger partial charge in [-0.2, -0.15) is 5.10 Å². The molecule has 0 bridgehead atoms. The maximum atomic E-state index is 12.0. The molecule has 1 amide bonds. The zero-order chi connectivity index (χ0) is 15.2. The summed E-state index contributed by atoms with van der Waals surface area (Å²) in [7, 11) is 0. The Morgan fingerprint density at radius 1 is 1.52 bits per heavy atom. The predicted molar refractivity (Wildman–Crippen MR) is 73.4 cm³/mol. The third kappa shape index (κ3) is 3.71. The van der Waals surface area contributed by atoms with E-state index in [9.17, 15) is 9.59 Å². The van der Waals surface area contributed by atoms with E-state index in [1.54, 1.807) is 32.2 Å². The first kappa shape index (κ1) is 14.8. The Bertz CT molecular complexity index is 604. The van der Waals surface area contributed by atoms with Crippen molar-refractivity contribution in [2.75, 3.05) is 6.61 Å².